The number of rotatable bonds is 4. The molecule has 4 rings (SSSR count). The van der Waals surface area contributed by atoms with Crippen LogP contribution >= 0.6 is 15.9 Å². The number of fused-ring (bicyclic) bond motifs is 2. The van der Waals surface area contributed by atoms with Crippen LogP contribution < -0.4 is 18.9 Å². The number of ether oxygens (including phenoxy) is 4. The van der Waals surface area contributed by atoms with Crippen molar-refractivity contribution in [2.75, 3.05) is 27.6 Å². The molecule has 2 aromatic rings. The van der Waals surface area contributed by atoms with E-state index >= 15 is 0 Å². The molecule has 0 fully saturated rings. The van der Waals surface area contributed by atoms with Gasteiger partial charge in [0.05, 0.1) is 18.7 Å². The van der Waals surface area contributed by atoms with Crippen molar-refractivity contribution in [3.05, 3.63) is 45.4 Å². The van der Waals surface area contributed by atoms with Crippen molar-refractivity contribution in [1.82, 2.24) is 0 Å². The highest BCUT2D eigenvalue weighted by Gasteiger charge is 2.28. The maximum atomic E-state index is 13.2. The number of carbonyl (C=O) groups excluding carboxylic acids is 1. The van der Waals surface area contributed by atoms with Gasteiger partial charge in [0.15, 0.2) is 23.0 Å². The third-order valence-corrected chi connectivity index (χ3v) is 5.24. The Kier molecular flexibility index (Phi) is 4.32. The van der Waals surface area contributed by atoms with Gasteiger partial charge in [-0.3, -0.25) is 9.79 Å². The molecule has 2 aromatic carbocycles. The molecule has 0 aliphatic carbocycles. The van der Waals surface area contributed by atoms with Crippen LogP contribution in [-0.2, 0) is 6.42 Å². The van der Waals surface area contributed by atoms with Crippen molar-refractivity contribution in [3.63, 3.8) is 0 Å². The van der Waals surface area contributed by atoms with Crippen molar-refractivity contribution >= 4 is 27.4 Å². The van der Waals surface area contributed by atoms with Gasteiger partial charge in [-0.2, -0.15) is 0 Å². The van der Waals surface area contributed by atoms with E-state index in [0.717, 1.165) is 17.5 Å². The Morgan fingerprint density at radius 2 is 1.92 bits per heavy atom. The summed E-state index contributed by atoms with van der Waals surface area (Å²) in [6.07, 6.45) is 0.760. The van der Waals surface area contributed by atoms with E-state index in [2.05, 4.69) is 20.9 Å². The fourth-order valence-corrected chi connectivity index (χ4v) is 3.84. The Bertz CT molecular complexity index is 938. The van der Waals surface area contributed by atoms with E-state index < -0.39 is 0 Å². The minimum absolute atomic E-state index is 0.183. The Balaban J connectivity index is 1.78. The number of benzene rings is 2. The lowest BCUT2D eigenvalue weighted by Crippen LogP contribution is -2.22. The van der Waals surface area contributed by atoms with Crippen molar-refractivity contribution in [2.24, 2.45) is 4.99 Å². The van der Waals surface area contributed by atoms with Gasteiger partial charge in [-0.25, -0.2) is 0 Å². The number of halogens is 1. The number of aliphatic imine (C=N–C) groups is 1. The lowest BCUT2D eigenvalue weighted by Gasteiger charge is -2.18. The van der Waals surface area contributed by atoms with Crippen LogP contribution in [0.4, 0.5) is 0 Å². The number of hydrogen-bond donors (Lipinski definition) is 0. The zero-order valence-corrected chi connectivity index (χ0v) is 15.9. The van der Waals surface area contributed by atoms with Gasteiger partial charge in [-0.1, -0.05) is 0 Å². The quantitative estimate of drug-likeness (QED) is 0.712. The van der Waals surface area contributed by atoms with Gasteiger partial charge in [-0.15, -0.1) is 0 Å². The first-order valence-electron chi connectivity index (χ1n) is 8.06. The van der Waals surface area contributed by atoms with E-state index in [0.29, 0.717) is 45.3 Å². The fourth-order valence-electron chi connectivity index (χ4n) is 3.17. The first kappa shape index (κ1) is 16.9. The summed E-state index contributed by atoms with van der Waals surface area (Å²) in [7, 11) is 3.08. The van der Waals surface area contributed by atoms with Crippen LogP contribution in [0.1, 0.15) is 21.5 Å². The number of carbonyl (C=O) groups is 1. The Labute approximate surface area is 158 Å². The molecule has 26 heavy (non-hydrogen) atoms. The predicted octanol–water partition coefficient (Wildman–Crippen LogP) is 3.42. The molecule has 0 N–H and O–H groups in total. The van der Waals surface area contributed by atoms with Gasteiger partial charge in [0, 0.05) is 17.7 Å². The van der Waals surface area contributed by atoms with E-state index in [1.165, 1.54) is 7.11 Å². The SMILES string of the molecule is COc1ccc(C(=O)C2=NCCc3cc4c(cc32)OCO4)c(Br)c1OC. The van der Waals surface area contributed by atoms with Crippen LogP contribution in [0.5, 0.6) is 23.0 Å². The smallest absolute Gasteiger partial charge is 0.231 e. The Morgan fingerprint density at radius 3 is 2.65 bits per heavy atom. The third-order valence-electron chi connectivity index (χ3n) is 4.45. The van der Waals surface area contributed by atoms with E-state index in [4.69, 9.17) is 18.9 Å². The zero-order valence-electron chi connectivity index (χ0n) is 14.3. The van der Waals surface area contributed by atoms with E-state index in [-0.39, 0.29) is 12.6 Å². The van der Waals surface area contributed by atoms with Crippen LogP contribution in [0, 0.1) is 0 Å². The second kappa shape index (κ2) is 6.64. The minimum Gasteiger partial charge on any atom is -0.493 e. The number of ketones is 1. The fraction of sp³-hybridized carbons (Fsp3) is 0.263. The number of Topliss-reactive ketones (excluding diaryl/α,β-unsaturated/α-hetero) is 1. The maximum Gasteiger partial charge on any atom is 0.231 e. The molecule has 0 atom stereocenters. The van der Waals surface area contributed by atoms with E-state index in [9.17, 15) is 4.79 Å². The summed E-state index contributed by atoms with van der Waals surface area (Å²) in [5.74, 6) is 2.19. The molecule has 6 nitrogen and oxygen atoms in total. The van der Waals surface area contributed by atoms with Crippen LogP contribution in [0.25, 0.3) is 0 Å². The van der Waals surface area contributed by atoms with Gasteiger partial charge in [0.25, 0.3) is 0 Å². The summed E-state index contributed by atoms with van der Waals surface area (Å²) in [5, 5.41) is 0. The number of hydrogen-bond acceptors (Lipinski definition) is 6. The predicted molar refractivity (Wildman–Crippen MR) is 99.2 cm³/mol. The first-order chi connectivity index (χ1) is 12.6. The van der Waals surface area contributed by atoms with Gasteiger partial charge < -0.3 is 18.9 Å². The molecule has 0 saturated heterocycles. The third kappa shape index (κ3) is 2.63. The van der Waals surface area contributed by atoms with Crippen LogP contribution in [0.15, 0.2) is 33.7 Å². The van der Waals surface area contributed by atoms with Crippen molar-refractivity contribution in [3.8, 4) is 23.0 Å². The molecule has 0 aromatic heterocycles. The highest BCUT2D eigenvalue weighted by molar-refractivity contribution is 9.10. The molecule has 2 aliphatic heterocycles. The summed E-state index contributed by atoms with van der Waals surface area (Å²) < 4.78 is 22.1. The van der Waals surface area contributed by atoms with Gasteiger partial charge in [0.1, 0.15) is 5.71 Å². The summed E-state index contributed by atoms with van der Waals surface area (Å²) in [6.45, 7) is 0.749. The van der Waals surface area contributed by atoms with Gasteiger partial charge >= 0.3 is 0 Å². The molecule has 2 heterocycles. The Morgan fingerprint density at radius 1 is 1.15 bits per heavy atom. The zero-order chi connectivity index (χ0) is 18.3. The second-order valence-electron chi connectivity index (χ2n) is 5.83. The standard InChI is InChI=1S/C19H16BrNO5/c1-23-13-4-3-11(16(20)19(13)24-2)18(22)17-12-8-15-14(25-9-26-15)7-10(12)5-6-21-17/h3-4,7-8H,5-6,9H2,1-2H3. The minimum atomic E-state index is -0.183. The molecule has 0 spiro atoms. The molecule has 0 amide bonds. The monoisotopic (exact) mass is 417 g/mol. The van der Waals surface area contributed by atoms with Gasteiger partial charge in [-0.05, 0) is 52.2 Å². The molecule has 0 bridgehead atoms. The average molecular weight is 418 g/mol. The highest BCUT2D eigenvalue weighted by atomic mass is 79.9. The summed E-state index contributed by atoms with van der Waals surface area (Å²) in [6, 6.07) is 7.18. The van der Waals surface area contributed by atoms with Crippen LogP contribution in [-0.4, -0.2) is 39.1 Å². The molecule has 134 valence electrons. The summed E-state index contributed by atoms with van der Waals surface area (Å²) >= 11 is 3.46. The molecule has 0 radical (unpaired) electrons. The van der Waals surface area contributed by atoms with Gasteiger partial charge in [0.2, 0.25) is 12.6 Å². The lowest BCUT2D eigenvalue weighted by atomic mass is 9.92. The second-order valence-corrected chi connectivity index (χ2v) is 6.63. The summed E-state index contributed by atoms with van der Waals surface area (Å²) in [4.78, 5) is 17.7. The number of methoxy groups -OCH3 is 2. The van der Waals surface area contributed by atoms with E-state index in [1.54, 1.807) is 19.2 Å². The first-order valence-corrected chi connectivity index (χ1v) is 8.86. The van der Waals surface area contributed by atoms with E-state index in [1.807, 2.05) is 12.1 Å². The normalized spacial score (nSPS) is 14.5. The van der Waals surface area contributed by atoms with Crippen molar-refractivity contribution < 1.29 is 23.7 Å². The van der Waals surface area contributed by atoms with Crippen molar-refractivity contribution in [2.45, 2.75) is 6.42 Å². The molecular weight excluding hydrogens is 402 g/mol. The van der Waals surface area contributed by atoms with Crippen molar-refractivity contribution in [1.29, 1.82) is 0 Å². The molecule has 0 unspecified atom stereocenters. The lowest BCUT2D eigenvalue weighted by molar-refractivity contribution is 0.106. The Hall–Kier alpha value is -2.54. The maximum absolute atomic E-state index is 13.2. The molecular formula is C19H16BrNO5. The summed E-state index contributed by atoms with van der Waals surface area (Å²) in [5.41, 5.74) is 2.70. The average Bonchev–Trinajstić information content (AvgIpc) is 3.12. The highest BCUT2D eigenvalue weighted by Crippen LogP contribution is 2.40. The molecule has 7 heteroatoms. The largest absolute Gasteiger partial charge is 0.493 e. The number of nitrogens with zero attached hydrogens (tertiary/aromatic N) is 1. The van der Waals surface area contributed by atoms with Crippen LogP contribution in [0.3, 0.4) is 0 Å². The molecule has 2 aliphatic rings. The van der Waals surface area contributed by atoms with Crippen LogP contribution in [0.2, 0.25) is 0 Å². The topological polar surface area (TPSA) is 66.4 Å². The molecule has 0 saturated carbocycles.